The van der Waals surface area contributed by atoms with Crippen LogP contribution in [-0.4, -0.2) is 55.3 Å². The molecule has 0 saturated carbocycles. The predicted octanol–water partition coefficient (Wildman–Crippen LogP) is 1.91. The summed E-state index contributed by atoms with van der Waals surface area (Å²) in [5.74, 6) is 0.322. The van der Waals surface area contributed by atoms with Crippen molar-refractivity contribution in [3.05, 3.63) is 35.9 Å². The number of carbonyl (C=O) groups excluding carboxylic acids is 1. The molecule has 2 rings (SSSR count). The van der Waals surface area contributed by atoms with E-state index < -0.39 is 5.60 Å². The highest BCUT2D eigenvalue weighted by Crippen LogP contribution is 2.27. The van der Waals surface area contributed by atoms with Crippen LogP contribution in [0.4, 0.5) is 0 Å². The first kappa shape index (κ1) is 21.8. The Morgan fingerprint density at radius 1 is 1.22 bits per heavy atom. The van der Waals surface area contributed by atoms with E-state index in [0.29, 0.717) is 25.7 Å². The number of nitrogens with two attached hydrogens (primary N) is 2. The minimum atomic E-state index is -0.654. The second-order valence-electron chi connectivity index (χ2n) is 7.85. The highest BCUT2D eigenvalue weighted by molar-refractivity contribution is 5.70. The van der Waals surface area contributed by atoms with E-state index >= 15 is 0 Å². The molecule has 1 fully saturated rings. The summed E-state index contributed by atoms with van der Waals surface area (Å²) in [7, 11) is 0. The zero-order chi connectivity index (χ0) is 19.7. The number of carbonyl (C=O) groups is 1. The molecule has 1 atom stereocenters. The maximum Gasteiger partial charge on any atom is 0.307 e. The molecule has 1 saturated heterocycles. The van der Waals surface area contributed by atoms with Gasteiger partial charge in [0.2, 0.25) is 0 Å². The maximum atomic E-state index is 12.1. The van der Waals surface area contributed by atoms with Crippen LogP contribution in [0.25, 0.3) is 0 Å². The number of piperidine rings is 1. The second-order valence-corrected chi connectivity index (χ2v) is 7.85. The lowest BCUT2D eigenvalue weighted by atomic mass is 9.91. The van der Waals surface area contributed by atoms with Gasteiger partial charge in [0.05, 0.1) is 25.7 Å². The Kier molecular flexibility index (Phi) is 8.70. The van der Waals surface area contributed by atoms with Crippen LogP contribution in [0.5, 0.6) is 0 Å². The predicted molar refractivity (Wildman–Crippen MR) is 107 cm³/mol. The van der Waals surface area contributed by atoms with E-state index in [4.69, 9.17) is 20.9 Å². The first-order valence-corrected chi connectivity index (χ1v) is 9.94. The van der Waals surface area contributed by atoms with Gasteiger partial charge in [0.15, 0.2) is 0 Å². The Bertz CT molecular complexity index is 557. The molecule has 1 heterocycles. The number of ether oxygens (including phenoxy) is 2. The number of benzene rings is 1. The van der Waals surface area contributed by atoms with Gasteiger partial charge in [-0.25, -0.2) is 0 Å². The first-order chi connectivity index (χ1) is 13.0. The average molecular weight is 378 g/mol. The van der Waals surface area contributed by atoms with Crippen molar-refractivity contribution in [3.8, 4) is 0 Å². The molecule has 0 radical (unpaired) electrons. The van der Waals surface area contributed by atoms with E-state index in [-0.39, 0.29) is 18.4 Å². The molecule has 4 N–H and O–H groups in total. The van der Waals surface area contributed by atoms with Crippen LogP contribution >= 0.6 is 0 Å². The van der Waals surface area contributed by atoms with Crippen LogP contribution in [0.15, 0.2) is 30.3 Å². The number of rotatable bonds is 10. The van der Waals surface area contributed by atoms with Gasteiger partial charge < -0.3 is 20.9 Å². The van der Waals surface area contributed by atoms with Gasteiger partial charge >= 0.3 is 5.97 Å². The largest absolute Gasteiger partial charge is 0.458 e. The third kappa shape index (κ3) is 6.88. The highest BCUT2D eigenvalue weighted by atomic mass is 16.6. The minimum Gasteiger partial charge on any atom is -0.458 e. The summed E-state index contributed by atoms with van der Waals surface area (Å²) in [4.78, 5) is 14.4. The molecule has 1 aliphatic rings. The second kappa shape index (κ2) is 10.8. The molecule has 1 aliphatic heterocycles. The fraction of sp³-hybridized carbons (Fsp3) is 0.667. The fourth-order valence-electron chi connectivity index (χ4n) is 3.64. The number of likely N-dealkylation sites (tertiary alicyclic amines) is 1. The lowest BCUT2D eigenvalue weighted by Gasteiger charge is -2.44. The number of esters is 1. The van der Waals surface area contributed by atoms with Gasteiger partial charge in [0.1, 0.15) is 5.60 Å². The van der Waals surface area contributed by atoms with Crippen LogP contribution < -0.4 is 11.5 Å². The van der Waals surface area contributed by atoms with Gasteiger partial charge in [-0.3, -0.25) is 9.69 Å². The van der Waals surface area contributed by atoms with Gasteiger partial charge in [-0.2, -0.15) is 0 Å². The summed E-state index contributed by atoms with van der Waals surface area (Å²) in [5.41, 5.74) is 11.8. The van der Waals surface area contributed by atoms with Crippen LogP contribution in [-0.2, 0) is 20.9 Å². The van der Waals surface area contributed by atoms with Crippen molar-refractivity contribution in [3.63, 3.8) is 0 Å². The molecule has 0 aromatic heterocycles. The van der Waals surface area contributed by atoms with Crippen molar-refractivity contribution in [2.75, 3.05) is 32.8 Å². The van der Waals surface area contributed by atoms with Gasteiger partial charge in [0, 0.05) is 6.54 Å². The normalized spacial score (nSPS) is 17.6. The van der Waals surface area contributed by atoms with Crippen LogP contribution in [0.1, 0.15) is 38.7 Å². The van der Waals surface area contributed by atoms with Crippen LogP contribution in [0.2, 0.25) is 0 Å². The Balaban J connectivity index is 2.01. The molecule has 1 aromatic carbocycles. The molecule has 0 bridgehead atoms. The summed E-state index contributed by atoms with van der Waals surface area (Å²) >= 11 is 0. The lowest BCUT2D eigenvalue weighted by Crippen LogP contribution is -2.56. The molecular weight excluding hydrogens is 342 g/mol. The van der Waals surface area contributed by atoms with Crippen molar-refractivity contribution in [1.82, 2.24) is 4.90 Å². The number of hydrogen-bond donors (Lipinski definition) is 2. The van der Waals surface area contributed by atoms with Crippen molar-refractivity contribution < 1.29 is 14.3 Å². The van der Waals surface area contributed by atoms with E-state index in [1.54, 1.807) is 0 Å². The Morgan fingerprint density at radius 2 is 1.89 bits per heavy atom. The van der Waals surface area contributed by atoms with E-state index in [0.717, 1.165) is 38.0 Å². The summed E-state index contributed by atoms with van der Waals surface area (Å²) in [6.45, 7) is 7.90. The lowest BCUT2D eigenvalue weighted by molar-refractivity contribution is -0.167. The zero-order valence-corrected chi connectivity index (χ0v) is 16.7. The van der Waals surface area contributed by atoms with E-state index in [9.17, 15) is 4.79 Å². The molecule has 6 heteroatoms. The van der Waals surface area contributed by atoms with E-state index in [1.165, 1.54) is 0 Å². The molecule has 0 spiro atoms. The zero-order valence-electron chi connectivity index (χ0n) is 16.7. The van der Waals surface area contributed by atoms with E-state index in [1.807, 2.05) is 44.2 Å². The number of hydrogen-bond acceptors (Lipinski definition) is 6. The molecule has 152 valence electrons. The van der Waals surface area contributed by atoms with Crippen molar-refractivity contribution in [2.45, 2.75) is 51.4 Å². The van der Waals surface area contributed by atoms with Crippen molar-refractivity contribution in [1.29, 1.82) is 0 Å². The maximum absolute atomic E-state index is 12.1. The third-order valence-electron chi connectivity index (χ3n) is 5.34. The van der Waals surface area contributed by atoms with Crippen LogP contribution in [0, 0.1) is 5.92 Å². The third-order valence-corrected chi connectivity index (χ3v) is 5.34. The molecule has 0 unspecified atom stereocenters. The van der Waals surface area contributed by atoms with Crippen molar-refractivity contribution >= 4 is 5.97 Å². The van der Waals surface area contributed by atoms with Gasteiger partial charge in [0.25, 0.3) is 0 Å². The minimum absolute atomic E-state index is 0.0124. The summed E-state index contributed by atoms with van der Waals surface area (Å²) in [6.07, 6.45) is 2.37. The molecular formula is C21H35N3O3. The van der Waals surface area contributed by atoms with Gasteiger partial charge in [-0.15, -0.1) is 0 Å². The molecule has 0 aliphatic carbocycles. The Labute approximate surface area is 163 Å². The van der Waals surface area contributed by atoms with Crippen LogP contribution in [0.3, 0.4) is 0 Å². The Hall–Kier alpha value is -1.47. The smallest absolute Gasteiger partial charge is 0.307 e. The number of nitrogens with zero attached hydrogens (tertiary/aromatic N) is 1. The first-order valence-electron chi connectivity index (χ1n) is 9.94. The average Bonchev–Trinajstić information content (AvgIpc) is 2.66. The van der Waals surface area contributed by atoms with E-state index in [2.05, 4.69) is 4.90 Å². The summed E-state index contributed by atoms with van der Waals surface area (Å²) in [5, 5.41) is 0. The summed E-state index contributed by atoms with van der Waals surface area (Å²) in [6, 6.07) is 10.1. The standard InChI is InChI=1S/C21H35N3O3/c1-21(2,27-20(25)8-11-22)19(24-12-9-17(14-23)10-13-24)16-26-15-18-6-4-3-5-7-18/h3-7,17,19H,8-16,22-23H2,1-2H3/t19-/m1/s1. The van der Waals surface area contributed by atoms with Gasteiger partial charge in [-0.1, -0.05) is 30.3 Å². The molecule has 0 amide bonds. The molecule has 27 heavy (non-hydrogen) atoms. The monoisotopic (exact) mass is 377 g/mol. The quantitative estimate of drug-likeness (QED) is 0.605. The topological polar surface area (TPSA) is 90.8 Å². The SMILES string of the molecule is CC(C)(OC(=O)CCN)[C@@H](COCc1ccccc1)N1CCC(CN)CC1. The van der Waals surface area contributed by atoms with Crippen molar-refractivity contribution in [2.24, 2.45) is 17.4 Å². The molecule has 6 nitrogen and oxygen atoms in total. The fourth-order valence-corrected chi connectivity index (χ4v) is 3.64. The highest BCUT2D eigenvalue weighted by Gasteiger charge is 2.39. The molecule has 1 aromatic rings. The summed E-state index contributed by atoms with van der Waals surface area (Å²) < 4.78 is 11.8. The van der Waals surface area contributed by atoms with Gasteiger partial charge in [-0.05, 0) is 57.8 Å². The Morgan fingerprint density at radius 3 is 2.48 bits per heavy atom.